The van der Waals surface area contributed by atoms with E-state index in [0.29, 0.717) is 29.2 Å². The number of nitrogens with zero attached hydrogens (tertiary/aromatic N) is 1. The number of ketones is 1. The van der Waals surface area contributed by atoms with Gasteiger partial charge >= 0.3 is 0 Å². The SMILES string of the molecule is COOOc1ccccc1CCC(=O)c1cccc(/C=C/c2ccc3ccc(Cl)cc3n2)c1. The Balaban J connectivity index is 1.44. The van der Waals surface area contributed by atoms with Gasteiger partial charge in [0, 0.05) is 22.4 Å². The number of hydrogen-bond acceptors (Lipinski definition) is 5. The van der Waals surface area contributed by atoms with Crippen LogP contribution in [0.1, 0.15) is 33.6 Å². The maximum absolute atomic E-state index is 12.8. The van der Waals surface area contributed by atoms with Gasteiger partial charge in [0.25, 0.3) is 0 Å². The molecule has 0 spiro atoms. The van der Waals surface area contributed by atoms with Crippen molar-refractivity contribution in [2.24, 2.45) is 0 Å². The second-order valence-electron chi connectivity index (χ2n) is 7.38. The molecule has 0 saturated carbocycles. The van der Waals surface area contributed by atoms with E-state index in [1.165, 1.54) is 7.11 Å². The lowest BCUT2D eigenvalue weighted by molar-refractivity contribution is -0.453. The highest BCUT2D eigenvalue weighted by molar-refractivity contribution is 6.31. The van der Waals surface area contributed by atoms with Gasteiger partial charge in [-0.3, -0.25) is 4.79 Å². The van der Waals surface area contributed by atoms with Crippen LogP contribution < -0.4 is 4.89 Å². The number of rotatable bonds is 9. The van der Waals surface area contributed by atoms with Crippen molar-refractivity contribution in [2.75, 3.05) is 7.11 Å². The Morgan fingerprint density at radius 1 is 0.970 bits per heavy atom. The molecule has 6 heteroatoms. The fraction of sp³-hybridized carbons (Fsp3) is 0.111. The van der Waals surface area contributed by atoms with Crippen LogP contribution in [0.3, 0.4) is 0 Å². The quantitative estimate of drug-likeness (QED) is 0.157. The Morgan fingerprint density at radius 2 is 1.82 bits per heavy atom. The van der Waals surface area contributed by atoms with E-state index < -0.39 is 0 Å². The Bertz CT molecular complexity index is 1300. The van der Waals surface area contributed by atoms with Crippen LogP contribution in [-0.4, -0.2) is 17.9 Å². The van der Waals surface area contributed by atoms with Crippen molar-refractivity contribution in [3.63, 3.8) is 0 Å². The van der Waals surface area contributed by atoms with Gasteiger partial charge in [0.2, 0.25) is 0 Å². The lowest BCUT2D eigenvalue weighted by atomic mass is 10.0. The van der Waals surface area contributed by atoms with Crippen LogP contribution >= 0.6 is 11.6 Å². The molecular weight excluding hydrogens is 438 g/mol. The fourth-order valence-electron chi connectivity index (χ4n) is 3.45. The van der Waals surface area contributed by atoms with E-state index in [4.69, 9.17) is 16.5 Å². The van der Waals surface area contributed by atoms with Crippen molar-refractivity contribution in [1.29, 1.82) is 0 Å². The predicted octanol–water partition coefficient (Wildman–Crippen LogP) is 6.75. The molecule has 0 amide bonds. The summed E-state index contributed by atoms with van der Waals surface area (Å²) in [4.78, 5) is 27.0. The predicted molar refractivity (Wildman–Crippen MR) is 130 cm³/mol. The van der Waals surface area contributed by atoms with Crippen molar-refractivity contribution in [3.05, 3.63) is 106 Å². The third kappa shape index (κ3) is 6.05. The molecule has 166 valence electrons. The van der Waals surface area contributed by atoms with E-state index in [-0.39, 0.29) is 5.78 Å². The minimum absolute atomic E-state index is 0.0474. The molecule has 3 aromatic carbocycles. The van der Waals surface area contributed by atoms with Gasteiger partial charge in [0.05, 0.1) is 18.3 Å². The van der Waals surface area contributed by atoms with E-state index in [9.17, 15) is 4.79 Å². The van der Waals surface area contributed by atoms with Crippen LogP contribution in [0, 0.1) is 0 Å². The van der Waals surface area contributed by atoms with Gasteiger partial charge in [-0.1, -0.05) is 66.2 Å². The number of para-hydroxylation sites is 1. The van der Waals surface area contributed by atoms with Gasteiger partial charge in [-0.05, 0) is 59.0 Å². The highest BCUT2D eigenvalue weighted by atomic mass is 35.5. The lowest BCUT2D eigenvalue weighted by Gasteiger charge is -2.08. The lowest BCUT2D eigenvalue weighted by Crippen LogP contribution is -2.04. The minimum Gasteiger partial charge on any atom is -0.308 e. The van der Waals surface area contributed by atoms with Gasteiger partial charge in [-0.25, -0.2) is 4.98 Å². The number of aryl methyl sites for hydroxylation is 1. The molecule has 0 aliphatic rings. The van der Waals surface area contributed by atoms with E-state index in [2.05, 4.69) is 14.9 Å². The molecule has 5 nitrogen and oxygen atoms in total. The smallest absolute Gasteiger partial charge is 0.171 e. The first kappa shape index (κ1) is 22.7. The van der Waals surface area contributed by atoms with Crippen LogP contribution in [0.5, 0.6) is 5.75 Å². The largest absolute Gasteiger partial charge is 0.308 e. The van der Waals surface area contributed by atoms with E-state index in [1.807, 2.05) is 84.9 Å². The molecule has 0 atom stereocenters. The summed E-state index contributed by atoms with van der Waals surface area (Å²) in [6.07, 6.45) is 4.73. The topological polar surface area (TPSA) is 57.7 Å². The number of benzene rings is 3. The molecule has 0 saturated heterocycles. The summed E-state index contributed by atoms with van der Waals surface area (Å²) < 4.78 is 0. The van der Waals surface area contributed by atoms with Crippen LogP contribution in [0.4, 0.5) is 0 Å². The number of halogens is 1. The molecule has 0 bridgehead atoms. The summed E-state index contributed by atoms with van der Waals surface area (Å²) in [5.74, 6) is 0.569. The summed E-state index contributed by atoms with van der Waals surface area (Å²) in [6.45, 7) is 0. The highest BCUT2D eigenvalue weighted by Gasteiger charge is 2.10. The second-order valence-corrected chi connectivity index (χ2v) is 7.82. The van der Waals surface area contributed by atoms with Gasteiger partial charge < -0.3 is 4.89 Å². The maximum atomic E-state index is 12.8. The number of aromatic nitrogens is 1. The summed E-state index contributed by atoms with van der Waals surface area (Å²) in [5, 5.41) is 6.24. The number of Topliss-reactive ketones (excluding diaryl/α,β-unsaturated/α-hetero) is 1. The molecule has 1 heterocycles. The first-order valence-electron chi connectivity index (χ1n) is 10.5. The number of pyridine rings is 1. The average Bonchev–Trinajstić information content (AvgIpc) is 2.85. The monoisotopic (exact) mass is 459 g/mol. The van der Waals surface area contributed by atoms with Crippen molar-refractivity contribution in [2.45, 2.75) is 12.8 Å². The van der Waals surface area contributed by atoms with Crippen LogP contribution in [-0.2, 0) is 16.3 Å². The number of carbonyl (C=O) groups is 1. The zero-order valence-corrected chi connectivity index (χ0v) is 18.8. The zero-order valence-electron chi connectivity index (χ0n) is 18.0. The second kappa shape index (κ2) is 10.9. The van der Waals surface area contributed by atoms with Crippen molar-refractivity contribution >= 4 is 40.4 Å². The number of fused-ring (bicyclic) bond motifs is 1. The molecule has 0 unspecified atom stereocenters. The van der Waals surface area contributed by atoms with Crippen molar-refractivity contribution in [3.8, 4) is 5.75 Å². The summed E-state index contributed by atoms with van der Waals surface area (Å²) >= 11 is 6.08. The number of carbonyl (C=O) groups excluding carboxylic acids is 1. The Morgan fingerprint density at radius 3 is 2.70 bits per heavy atom. The molecule has 0 aliphatic heterocycles. The summed E-state index contributed by atoms with van der Waals surface area (Å²) in [7, 11) is 1.36. The van der Waals surface area contributed by atoms with Gasteiger partial charge in [0.1, 0.15) is 0 Å². The van der Waals surface area contributed by atoms with Gasteiger partial charge in [-0.15, -0.1) is 0 Å². The first-order chi connectivity index (χ1) is 16.1. The first-order valence-corrected chi connectivity index (χ1v) is 10.8. The third-order valence-corrected chi connectivity index (χ3v) is 5.35. The van der Waals surface area contributed by atoms with Crippen LogP contribution in [0.2, 0.25) is 5.02 Å². The Kier molecular flexibility index (Phi) is 7.47. The molecule has 0 aliphatic carbocycles. The van der Waals surface area contributed by atoms with E-state index >= 15 is 0 Å². The molecule has 33 heavy (non-hydrogen) atoms. The van der Waals surface area contributed by atoms with E-state index in [1.54, 1.807) is 6.07 Å². The normalized spacial score (nSPS) is 11.2. The zero-order chi connectivity index (χ0) is 23.0. The van der Waals surface area contributed by atoms with Gasteiger partial charge in [0.15, 0.2) is 11.5 Å². The van der Waals surface area contributed by atoms with Crippen molar-refractivity contribution < 1.29 is 19.6 Å². The Labute approximate surface area is 197 Å². The average molecular weight is 460 g/mol. The fourth-order valence-corrected chi connectivity index (χ4v) is 3.62. The summed E-state index contributed by atoms with van der Waals surface area (Å²) in [5.41, 5.74) is 4.10. The third-order valence-electron chi connectivity index (χ3n) is 5.12. The summed E-state index contributed by atoms with van der Waals surface area (Å²) in [6, 6.07) is 24.5. The standard InChI is InChI=1S/C27H22ClNO4/c1-31-33-32-27-8-3-2-6-21(27)12-16-26(30)22-7-4-5-19(17-22)9-14-24-15-11-20-10-13-23(28)18-25(20)29-24/h2-11,13-15,17-18H,12,16H2,1H3/b14-9+. The molecule has 1 aromatic heterocycles. The number of hydrogen-bond donors (Lipinski definition) is 0. The van der Waals surface area contributed by atoms with Crippen LogP contribution in [0.25, 0.3) is 23.1 Å². The molecule has 4 aromatic rings. The molecular formula is C27H22ClNO4. The van der Waals surface area contributed by atoms with Crippen molar-refractivity contribution in [1.82, 2.24) is 4.98 Å². The maximum Gasteiger partial charge on any atom is 0.171 e. The molecule has 0 fully saturated rings. The van der Waals surface area contributed by atoms with Crippen LogP contribution in [0.15, 0.2) is 78.9 Å². The highest BCUT2D eigenvalue weighted by Crippen LogP contribution is 2.22. The minimum atomic E-state index is 0.0474. The van der Waals surface area contributed by atoms with E-state index in [0.717, 1.165) is 27.7 Å². The molecule has 0 N–H and O–H groups in total. The Hall–Kier alpha value is -3.51. The van der Waals surface area contributed by atoms with Gasteiger partial charge in [-0.2, -0.15) is 4.89 Å². The molecule has 4 rings (SSSR count). The molecule has 0 radical (unpaired) electrons.